The van der Waals surface area contributed by atoms with E-state index in [1.165, 1.54) is 0 Å². The Morgan fingerprint density at radius 2 is 1.80 bits per heavy atom. The molecule has 1 unspecified atom stereocenters. The lowest BCUT2D eigenvalue weighted by molar-refractivity contribution is -0.131. The number of hydrogen-bond acceptors (Lipinski definition) is 4. The molecule has 6 nitrogen and oxygen atoms in total. The van der Waals surface area contributed by atoms with Crippen LogP contribution in [0.15, 0.2) is 12.1 Å². The van der Waals surface area contributed by atoms with E-state index in [-0.39, 0.29) is 24.1 Å². The smallest absolute Gasteiger partial charge is 0.414 e. The summed E-state index contributed by atoms with van der Waals surface area (Å²) in [4.78, 5) is 30.0. The SMILES string of the molecule is CC[C@H]1CN(c2cc(C)c(N3CC(=O)N(C)C(C)C3)c(C)c2)C(=O)O1. The van der Waals surface area contributed by atoms with Crippen LogP contribution >= 0.6 is 0 Å². The largest absolute Gasteiger partial charge is 0.444 e. The van der Waals surface area contributed by atoms with Gasteiger partial charge in [-0.2, -0.15) is 0 Å². The van der Waals surface area contributed by atoms with Crippen molar-refractivity contribution in [2.45, 2.75) is 46.3 Å². The average molecular weight is 345 g/mol. The predicted octanol–water partition coefficient (Wildman–Crippen LogP) is 2.71. The summed E-state index contributed by atoms with van der Waals surface area (Å²) in [5.74, 6) is 0.135. The van der Waals surface area contributed by atoms with Crippen molar-refractivity contribution < 1.29 is 14.3 Å². The van der Waals surface area contributed by atoms with Crippen LogP contribution in [0.3, 0.4) is 0 Å². The molecule has 2 atom stereocenters. The molecule has 6 heteroatoms. The molecule has 25 heavy (non-hydrogen) atoms. The van der Waals surface area contributed by atoms with Crippen molar-refractivity contribution in [2.75, 3.05) is 36.5 Å². The first kappa shape index (κ1) is 17.6. The maximum atomic E-state index is 12.2. The van der Waals surface area contributed by atoms with Crippen molar-refractivity contribution >= 4 is 23.4 Å². The Hall–Kier alpha value is -2.24. The van der Waals surface area contributed by atoms with Gasteiger partial charge in [0.2, 0.25) is 5.91 Å². The van der Waals surface area contributed by atoms with Crippen LogP contribution in [-0.2, 0) is 9.53 Å². The number of anilines is 2. The minimum atomic E-state index is -0.276. The van der Waals surface area contributed by atoms with Crippen molar-refractivity contribution in [3.05, 3.63) is 23.3 Å². The molecule has 0 aromatic heterocycles. The second-order valence-electron chi connectivity index (χ2n) is 7.19. The van der Waals surface area contributed by atoms with Crippen LogP contribution in [0.1, 0.15) is 31.4 Å². The van der Waals surface area contributed by atoms with Gasteiger partial charge in [-0.1, -0.05) is 6.92 Å². The maximum Gasteiger partial charge on any atom is 0.414 e. The fourth-order valence-corrected chi connectivity index (χ4v) is 3.73. The fourth-order valence-electron chi connectivity index (χ4n) is 3.73. The Bertz CT molecular complexity index is 680. The molecule has 2 saturated heterocycles. The van der Waals surface area contributed by atoms with Gasteiger partial charge in [0.1, 0.15) is 6.10 Å². The Balaban J connectivity index is 1.89. The molecule has 0 spiro atoms. The summed E-state index contributed by atoms with van der Waals surface area (Å²) in [6.07, 6.45) is 0.505. The summed E-state index contributed by atoms with van der Waals surface area (Å²) in [5.41, 5.74) is 4.12. The number of piperazine rings is 1. The zero-order valence-electron chi connectivity index (χ0n) is 15.7. The molecular formula is C19H27N3O3. The molecule has 0 saturated carbocycles. The molecule has 2 amide bonds. The van der Waals surface area contributed by atoms with Gasteiger partial charge in [-0.3, -0.25) is 9.69 Å². The molecule has 2 fully saturated rings. The van der Waals surface area contributed by atoms with Crippen LogP contribution in [0.25, 0.3) is 0 Å². The van der Waals surface area contributed by atoms with E-state index in [4.69, 9.17) is 4.74 Å². The van der Waals surface area contributed by atoms with Gasteiger partial charge in [-0.25, -0.2) is 4.79 Å². The second-order valence-corrected chi connectivity index (χ2v) is 7.19. The monoisotopic (exact) mass is 345 g/mol. The predicted molar refractivity (Wildman–Crippen MR) is 98.3 cm³/mol. The lowest BCUT2D eigenvalue weighted by atomic mass is 10.0. The highest BCUT2D eigenvalue weighted by Gasteiger charge is 2.33. The first-order chi connectivity index (χ1) is 11.8. The average Bonchev–Trinajstić information content (AvgIpc) is 2.93. The fraction of sp³-hybridized carbons (Fsp3) is 0.579. The summed E-state index contributed by atoms with van der Waals surface area (Å²) >= 11 is 0. The minimum absolute atomic E-state index is 0.0381. The third-order valence-electron chi connectivity index (χ3n) is 5.30. The molecule has 0 radical (unpaired) electrons. The number of carbonyl (C=O) groups is 2. The molecule has 3 rings (SSSR count). The normalized spacial score (nSPS) is 24.1. The summed E-state index contributed by atoms with van der Waals surface area (Å²) in [7, 11) is 1.86. The number of likely N-dealkylation sites (N-methyl/N-ethyl adjacent to an activating group) is 1. The molecular weight excluding hydrogens is 318 g/mol. The van der Waals surface area contributed by atoms with Crippen molar-refractivity contribution in [1.29, 1.82) is 0 Å². The van der Waals surface area contributed by atoms with Crippen LogP contribution in [0.4, 0.5) is 16.2 Å². The summed E-state index contributed by atoms with van der Waals surface area (Å²) < 4.78 is 5.37. The van der Waals surface area contributed by atoms with Gasteiger partial charge in [0.05, 0.1) is 13.1 Å². The quantitative estimate of drug-likeness (QED) is 0.845. The Morgan fingerprint density at radius 3 is 2.32 bits per heavy atom. The third-order valence-corrected chi connectivity index (χ3v) is 5.30. The number of benzene rings is 1. The van der Waals surface area contributed by atoms with E-state index in [9.17, 15) is 9.59 Å². The molecule has 1 aromatic rings. The van der Waals surface area contributed by atoms with Crippen LogP contribution in [-0.4, -0.2) is 55.7 Å². The van der Waals surface area contributed by atoms with E-state index in [2.05, 4.69) is 11.8 Å². The van der Waals surface area contributed by atoms with Gasteiger partial charge in [0.25, 0.3) is 0 Å². The first-order valence-electron chi connectivity index (χ1n) is 8.91. The van der Waals surface area contributed by atoms with Crippen LogP contribution in [0.2, 0.25) is 0 Å². The molecule has 0 aliphatic carbocycles. The number of aryl methyl sites for hydroxylation is 2. The van der Waals surface area contributed by atoms with Crippen molar-refractivity contribution in [3.63, 3.8) is 0 Å². The van der Waals surface area contributed by atoms with Crippen LogP contribution in [0.5, 0.6) is 0 Å². The maximum absolute atomic E-state index is 12.2. The van der Waals surface area contributed by atoms with E-state index in [0.29, 0.717) is 13.1 Å². The number of ether oxygens (including phenoxy) is 1. The van der Waals surface area contributed by atoms with E-state index in [0.717, 1.165) is 35.5 Å². The van der Waals surface area contributed by atoms with E-state index >= 15 is 0 Å². The Kier molecular flexibility index (Phi) is 4.62. The van der Waals surface area contributed by atoms with Gasteiger partial charge >= 0.3 is 6.09 Å². The number of carbonyl (C=O) groups excluding carboxylic acids is 2. The second kappa shape index (κ2) is 6.58. The lowest BCUT2D eigenvalue weighted by Gasteiger charge is -2.40. The van der Waals surface area contributed by atoms with Gasteiger partial charge in [0, 0.05) is 31.0 Å². The first-order valence-corrected chi connectivity index (χ1v) is 8.91. The number of nitrogens with zero attached hydrogens (tertiary/aromatic N) is 3. The highest BCUT2D eigenvalue weighted by Crippen LogP contribution is 2.33. The van der Waals surface area contributed by atoms with Gasteiger partial charge in [-0.15, -0.1) is 0 Å². The molecule has 1 aromatic carbocycles. The topological polar surface area (TPSA) is 53.1 Å². The van der Waals surface area contributed by atoms with E-state index < -0.39 is 0 Å². The molecule has 0 N–H and O–H groups in total. The van der Waals surface area contributed by atoms with Crippen molar-refractivity contribution in [3.8, 4) is 0 Å². The number of rotatable bonds is 3. The molecule has 2 heterocycles. The zero-order valence-corrected chi connectivity index (χ0v) is 15.7. The molecule has 136 valence electrons. The summed E-state index contributed by atoms with van der Waals surface area (Å²) in [6.45, 7) is 9.97. The van der Waals surface area contributed by atoms with E-state index in [1.54, 1.807) is 9.80 Å². The zero-order chi connectivity index (χ0) is 18.3. The minimum Gasteiger partial charge on any atom is -0.444 e. The number of amides is 2. The third kappa shape index (κ3) is 3.17. The molecule has 2 aliphatic heterocycles. The van der Waals surface area contributed by atoms with Crippen molar-refractivity contribution in [1.82, 2.24) is 4.90 Å². The number of cyclic esters (lactones) is 1. The van der Waals surface area contributed by atoms with E-state index in [1.807, 2.05) is 40.0 Å². The molecule has 2 aliphatic rings. The summed E-state index contributed by atoms with van der Waals surface area (Å²) in [5, 5.41) is 0. The molecule has 0 bridgehead atoms. The van der Waals surface area contributed by atoms with Gasteiger partial charge in [0.15, 0.2) is 0 Å². The Labute approximate surface area is 149 Å². The number of hydrogen-bond donors (Lipinski definition) is 0. The van der Waals surface area contributed by atoms with Gasteiger partial charge < -0.3 is 14.5 Å². The van der Waals surface area contributed by atoms with Gasteiger partial charge in [-0.05, 0) is 50.5 Å². The Morgan fingerprint density at radius 1 is 1.16 bits per heavy atom. The van der Waals surface area contributed by atoms with Crippen LogP contribution in [0, 0.1) is 13.8 Å². The summed E-state index contributed by atoms with van der Waals surface area (Å²) in [6, 6.07) is 4.23. The highest BCUT2D eigenvalue weighted by atomic mass is 16.6. The standard InChI is InChI=1S/C19H27N3O3/c1-6-16-10-22(19(24)25-16)15-7-12(2)18(13(3)8-15)21-9-14(4)20(5)17(23)11-21/h7-8,14,16H,6,9-11H2,1-5H3/t14?,16-/m0/s1. The highest BCUT2D eigenvalue weighted by molar-refractivity contribution is 5.91. The lowest BCUT2D eigenvalue weighted by Crippen LogP contribution is -2.54. The van der Waals surface area contributed by atoms with Crippen LogP contribution < -0.4 is 9.80 Å². The van der Waals surface area contributed by atoms with Crippen molar-refractivity contribution in [2.24, 2.45) is 0 Å².